The van der Waals surface area contributed by atoms with Crippen LogP contribution in [-0.4, -0.2) is 103 Å². The molecule has 0 aromatic heterocycles. The van der Waals surface area contributed by atoms with Gasteiger partial charge in [-0.25, -0.2) is 4.79 Å². The van der Waals surface area contributed by atoms with Crippen LogP contribution in [0, 0.1) is 5.92 Å². The number of rotatable bonds is 8. The molecule has 0 bridgehead atoms. The van der Waals surface area contributed by atoms with E-state index in [1.165, 1.54) is 25.7 Å². The summed E-state index contributed by atoms with van der Waals surface area (Å²) in [6.45, 7) is 9.37. The van der Waals surface area contributed by atoms with Crippen LogP contribution in [0.3, 0.4) is 0 Å². The van der Waals surface area contributed by atoms with Gasteiger partial charge in [0.05, 0.1) is 19.3 Å². The number of nitrogens with zero attached hydrogens (tertiary/aromatic N) is 3. The van der Waals surface area contributed by atoms with Crippen molar-refractivity contribution in [1.82, 2.24) is 20.0 Å². The molecule has 8 nitrogen and oxygen atoms in total. The van der Waals surface area contributed by atoms with Crippen molar-refractivity contribution < 1.29 is 19.4 Å². The van der Waals surface area contributed by atoms with Gasteiger partial charge in [0.25, 0.3) is 0 Å². The average Bonchev–Trinajstić information content (AvgIpc) is 2.90. The highest BCUT2D eigenvalue weighted by atomic mass is 16.5. The van der Waals surface area contributed by atoms with Crippen LogP contribution in [-0.2, 0) is 9.53 Å². The quantitative estimate of drug-likeness (QED) is 0.641. The molecule has 0 saturated carbocycles. The van der Waals surface area contributed by atoms with Crippen molar-refractivity contribution in [3.63, 3.8) is 0 Å². The molecule has 28 heavy (non-hydrogen) atoms. The Morgan fingerprint density at radius 3 is 2.46 bits per heavy atom. The summed E-state index contributed by atoms with van der Waals surface area (Å²) in [5, 5.41) is 12.0. The molecular formula is C20H38N4O4. The lowest BCUT2D eigenvalue weighted by atomic mass is 10.0. The van der Waals surface area contributed by atoms with Crippen molar-refractivity contribution >= 4 is 12.0 Å². The molecule has 0 aromatic carbocycles. The van der Waals surface area contributed by atoms with Crippen molar-refractivity contribution in [1.29, 1.82) is 0 Å². The molecule has 2 atom stereocenters. The summed E-state index contributed by atoms with van der Waals surface area (Å²) in [5.41, 5.74) is 0. The number of hydrogen-bond donors (Lipinski definition) is 2. The number of carboxylic acid groups (broad SMARTS) is 1. The molecule has 2 unspecified atom stereocenters. The first-order valence-electron chi connectivity index (χ1n) is 10.7. The second-order valence-electron chi connectivity index (χ2n) is 8.48. The van der Waals surface area contributed by atoms with E-state index in [2.05, 4.69) is 24.1 Å². The molecule has 8 heteroatoms. The Hall–Kier alpha value is -1.38. The molecule has 2 N–H and O–H groups in total. The van der Waals surface area contributed by atoms with Gasteiger partial charge in [-0.2, -0.15) is 0 Å². The zero-order valence-corrected chi connectivity index (χ0v) is 17.7. The third-order valence-corrected chi connectivity index (χ3v) is 5.69. The zero-order chi connectivity index (χ0) is 20.5. The lowest BCUT2D eigenvalue weighted by Gasteiger charge is -2.37. The fraction of sp³-hybridized carbons (Fsp3) is 0.900. The second kappa shape index (κ2) is 11.6. The molecule has 2 aliphatic rings. The minimum absolute atomic E-state index is 0.0298. The van der Waals surface area contributed by atoms with Gasteiger partial charge in [0, 0.05) is 32.2 Å². The summed E-state index contributed by atoms with van der Waals surface area (Å²) in [6, 6.07) is 0.315. The van der Waals surface area contributed by atoms with Crippen LogP contribution in [0.15, 0.2) is 0 Å². The highest BCUT2D eigenvalue weighted by Gasteiger charge is 2.28. The van der Waals surface area contributed by atoms with Gasteiger partial charge in [0.2, 0.25) is 0 Å². The first kappa shape index (κ1) is 22.9. The third kappa shape index (κ3) is 7.56. The number of morpholine rings is 1. The topological polar surface area (TPSA) is 85.4 Å². The minimum Gasteiger partial charge on any atom is -0.480 e. The monoisotopic (exact) mass is 398 g/mol. The molecule has 0 radical (unpaired) electrons. The predicted molar refractivity (Wildman–Crippen MR) is 109 cm³/mol. The maximum atomic E-state index is 12.7. The summed E-state index contributed by atoms with van der Waals surface area (Å²) in [7, 11) is 1.75. The fourth-order valence-corrected chi connectivity index (χ4v) is 4.17. The number of likely N-dealkylation sites (N-methyl/N-ethyl adjacent to an activating group) is 1. The van der Waals surface area contributed by atoms with Gasteiger partial charge in [0.15, 0.2) is 0 Å². The predicted octanol–water partition coefficient (Wildman–Crippen LogP) is 1.31. The Labute approximate surface area is 169 Å². The number of carbonyl (C=O) groups is 2. The van der Waals surface area contributed by atoms with Crippen LogP contribution in [0.5, 0.6) is 0 Å². The lowest BCUT2D eigenvalue weighted by Crippen LogP contribution is -2.55. The number of likely N-dealkylation sites (tertiary alicyclic amines) is 1. The highest BCUT2D eigenvalue weighted by molar-refractivity contribution is 5.74. The van der Waals surface area contributed by atoms with Crippen LogP contribution in [0.1, 0.15) is 39.5 Å². The number of nitrogens with one attached hydrogen (secondary N) is 1. The largest absolute Gasteiger partial charge is 0.480 e. The van der Waals surface area contributed by atoms with E-state index in [1.807, 2.05) is 0 Å². The van der Waals surface area contributed by atoms with Gasteiger partial charge in [-0.15, -0.1) is 0 Å². The van der Waals surface area contributed by atoms with Crippen LogP contribution in [0.2, 0.25) is 0 Å². The fourth-order valence-electron chi connectivity index (χ4n) is 4.17. The van der Waals surface area contributed by atoms with Crippen molar-refractivity contribution in [3.05, 3.63) is 0 Å². The summed E-state index contributed by atoms with van der Waals surface area (Å²) in [5.74, 6) is -0.373. The SMILES string of the molecule is CC(C)C(CNC(=O)N1CCOC(CN(C)CC(=O)O)C1)N1CCCCCC1. The molecule has 2 aliphatic heterocycles. The first-order valence-corrected chi connectivity index (χ1v) is 10.7. The number of hydrogen-bond acceptors (Lipinski definition) is 5. The molecule has 2 rings (SSSR count). The van der Waals surface area contributed by atoms with Gasteiger partial charge >= 0.3 is 12.0 Å². The standard InChI is InChI=1S/C20H38N4O4/c1-16(2)18(23-8-6-4-5-7-9-23)12-21-20(27)24-10-11-28-17(14-24)13-22(3)15-19(25)26/h16-18H,4-15H2,1-3H3,(H,21,27)(H,25,26). The maximum Gasteiger partial charge on any atom is 0.317 e. The molecule has 2 heterocycles. The number of amides is 2. The van der Waals surface area contributed by atoms with E-state index in [-0.39, 0.29) is 18.7 Å². The van der Waals surface area contributed by atoms with Gasteiger partial charge in [-0.3, -0.25) is 14.6 Å². The summed E-state index contributed by atoms with van der Waals surface area (Å²) in [6.07, 6.45) is 4.94. The van der Waals surface area contributed by atoms with Gasteiger partial charge in [0.1, 0.15) is 0 Å². The van der Waals surface area contributed by atoms with E-state index in [4.69, 9.17) is 9.84 Å². The zero-order valence-electron chi connectivity index (χ0n) is 17.7. The van der Waals surface area contributed by atoms with E-state index in [0.717, 1.165) is 13.1 Å². The number of carbonyl (C=O) groups excluding carboxylic acids is 1. The third-order valence-electron chi connectivity index (χ3n) is 5.69. The smallest absolute Gasteiger partial charge is 0.317 e. The van der Waals surface area contributed by atoms with E-state index in [0.29, 0.717) is 44.7 Å². The van der Waals surface area contributed by atoms with E-state index >= 15 is 0 Å². The van der Waals surface area contributed by atoms with E-state index < -0.39 is 5.97 Å². The normalized spacial score (nSPS) is 22.9. The summed E-state index contributed by atoms with van der Waals surface area (Å²) >= 11 is 0. The van der Waals surface area contributed by atoms with Crippen LogP contribution >= 0.6 is 0 Å². The van der Waals surface area contributed by atoms with Gasteiger partial charge in [-0.1, -0.05) is 26.7 Å². The van der Waals surface area contributed by atoms with Crippen molar-refractivity contribution in [3.8, 4) is 0 Å². The number of aliphatic carboxylic acids is 1. The van der Waals surface area contributed by atoms with Crippen molar-refractivity contribution in [2.24, 2.45) is 5.92 Å². The Morgan fingerprint density at radius 1 is 1.18 bits per heavy atom. The molecule has 162 valence electrons. The van der Waals surface area contributed by atoms with Crippen molar-refractivity contribution in [2.75, 3.05) is 59.5 Å². The summed E-state index contributed by atoms with van der Waals surface area (Å²) < 4.78 is 5.72. The molecule has 2 fully saturated rings. The molecule has 2 amide bonds. The first-order chi connectivity index (χ1) is 13.4. The summed E-state index contributed by atoms with van der Waals surface area (Å²) in [4.78, 5) is 29.6. The molecule has 2 saturated heterocycles. The molecule has 0 spiro atoms. The van der Waals surface area contributed by atoms with Crippen LogP contribution in [0.25, 0.3) is 0 Å². The Morgan fingerprint density at radius 2 is 1.86 bits per heavy atom. The Kier molecular flexibility index (Phi) is 9.47. The highest BCUT2D eigenvalue weighted by Crippen LogP contribution is 2.17. The average molecular weight is 399 g/mol. The molecule has 0 aromatic rings. The number of ether oxygens (including phenoxy) is 1. The van der Waals surface area contributed by atoms with E-state index in [9.17, 15) is 9.59 Å². The Bertz CT molecular complexity index is 495. The number of carboxylic acids is 1. The molecule has 0 aliphatic carbocycles. The second-order valence-corrected chi connectivity index (χ2v) is 8.48. The van der Waals surface area contributed by atoms with E-state index in [1.54, 1.807) is 16.8 Å². The van der Waals surface area contributed by atoms with Crippen LogP contribution in [0.4, 0.5) is 4.79 Å². The van der Waals surface area contributed by atoms with Crippen molar-refractivity contribution in [2.45, 2.75) is 51.7 Å². The van der Waals surface area contributed by atoms with Gasteiger partial charge in [-0.05, 0) is 38.9 Å². The lowest BCUT2D eigenvalue weighted by molar-refractivity contribution is -0.138. The molecular weight excluding hydrogens is 360 g/mol. The Balaban J connectivity index is 1.82. The number of urea groups is 1. The van der Waals surface area contributed by atoms with Crippen LogP contribution < -0.4 is 5.32 Å². The van der Waals surface area contributed by atoms with Gasteiger partial charge < -0.3 is 20.1 Å². The minimum atomic E-state index is -0.860. The maximum absolute atomic E-state index is 12.7.